The minimum Gasteiger partial charge on any atom is -0.465 e. The molecular weight excluding hydrogens is 194 g/mol. The second-order valence-electron chi connectivity index (χ2n) is 2.27. The first-order valence-corrected chi connectivity index (χ1v) is 3.91. The van der Waals surface area contributed by atoms with Crippen LogP contribution in [-0.4, -0.2) is 23.2 Å². The number of ether oxygens (including phenoxy) is 1. The number of carbonyl (C=O) groups excluding carboxylic acids is 1. The number of rotatable bonds is 2. The van der Waals surface area contributed by atoms with E-state index in [2.05, 4.69) is 9.72 Å². The van der Waals surface area contributed by atoms with Crippen molar-refractivity contribution < 1.29 is 14.6 Å². The van der Waals surface area contributed by atoms with Crippen molar-refractivity contribution in [3.63, 3.8) is 0 Å². The lowest BCUT2D eigenvalue weighted by Crippen LogP contribution is -2.04. The van der Waals surface area contributed by atoms with Gasteiger partial charge in [0.15, 0.2) is 0 Å². The normalized spacial score (nSPS) is 9.77. The van der Waals surface area contributed by atoms with Crippen LogP contribution >= 0.6 is 11.6 Å². The van der Waals surface area contributed by atoms with Gasteiger partial charge in [0.05, 0.1) is 30.0 Å². The summed E-state index contributed by atoms with van der Waals surface area (Å²) < 4.78 is 4.48. The van der Waals surface area contributed by atoms with Crippen LogP contribution in [-0.2, 0) is 11.3 Å². The maximum Gasteiger partial charge on any atom is 0.339 e. The molecule has 1 rings (SSSR count). The molecule has 0 fully saturated rings. The highest BCUT2D eigenvalue weighted by atomic mass is 35.5. The first-order chi connectivity index (χ1) is 6.20. The summed E-state index contributed by atoms with van der Waals surface area (Å²) in [7, 11) is 1.26. The fourth-order valence-corrected chi connectivity index (χ4v) is 1.11. The average molecular weight is 202 g/mol. The summed E-state index contributed by atoms with van der Waals surface area (Å²) in [6.07, 6.45) is 1.39. The molecule has 13 heavy (non-hydrogen) atoms. The van der Waals surface area contributed by atoms with E-state index < -0.39 is 5.97 Å². The van der Waals surface area contributed by atoms with Crippen molar-refractivity contribution in [3.05, 3.63) is 28.5 Å². The van der Waals surface area contributed by atoms with Crippen LogP contribution < -0.4 is 0 Å². The first kappa shape index (κ1) is 9.95. The van der Waals surface area contributed by atoms with Crippen molar-refractivity contribution in [1.29, 1.82) is 0 Å². The minimum absolute atomic E-state index is 0.136. The molecule has 0 saturated heterocycles. The molecule has 4 nitrogen and oxygen atoms in total. The Kier molecular flexibility index (Phi) is 3.22. The van der Waals surface area contributed by atoms with Gasteiger partial charge < -0.3 is 9.84 Å². The maximum absolute atomic E-state index is 11.1. The Balaban J connectivity index is 3.15. The number of methoxy groups -OCH3 is 1. The highest BCUT2D eigenvalue weighted by Gasteiger charge is 2.13. The van der Waals surface area contributed by atoms with E-state index in [0.29, 0.717) is 0 Å². The van der Waals surface area contributed by atoms with Gasteiger partial charge in [0, 0.05) is 6.20 Å². The van der Waals surface area contributed by atoms with E-state index in [9.17, 15) is 4.79 Å². The zero-order valence-corrected chi connectivity index (χ0v) is 7.71. The first-order valence-electron chi connectivity index (χ1n) is 3.53. The third-order valence-electron chi connectivity index (χ3n) is 1.52. The lowest BCUT2D eigenvalue weighted by molar-refractivity contribution is 0.0600. The van der Waals surface area contributed by atoms with Crippen molar-refractivity contribution in [2.75, 3.05) is 7.11 Å². The van der Waals surface area contributed by atoms with Gasteiger partial charge in [0.25, 0.3) is 0 Å². The van der Waals surface area contributed by atoms with Crippen LogP contribution in [0, 0.1) is 0 Å². The molecule has 70 valence electrons. The van der Waals surface area contributed by atoms with Crippen molar-refractivity contribution in [2.45, 2.75) is 6.61 Å². The molecular formula is C8H8ClNO3. The Labute approximate surface area is 80.1 Å². The van der Waals surface area contributed by atoms with E-state index in [1.54, 1.807) is 0 Å². The molecule has 0 aliphatic carbocycles. The van der Waals surface area contributed by atoms with Crippen molar-refractivity contribution in [2.24, 2.45) is 0 Å². The second kappa shape index (κ2) is 4.20. The van der Waals surface area contributed by atoms with Crippen molar-refractivity contribution in [3.8, 4) is 0 Å². The predicted octanol–water partition coefficient (Wildman–Crippen LogP) is 1.01. The number of halogens is 1. The third-order valence-corrected chi connectivity index (χ3v) is 1.94. The number of hydrogen-bond donors (Lipinski definition) is 1. The SMILES string of the molecule is COC(=O)c1ccnc(CO)c1Cl. The van der Waals surface area contributed by atoms with Gasteiger partial charge in [-0.2, -0.15) is 0 Å². The Morgan fingerprint density at radius 3 is 3.00 bits per heavy atom. The Morgan fingerprint density at radius 2 is 2.46 bits per heavy atom. The quantitative estimate of drug-likeness (QED) is 0.726. The van der Waals surface area contributed by atoms with Gasteiger partial charge >= 0.3 is 5.97 Å². The van der Waals surface area contributed by atoms with E-state index in [1.165, 1.54) is 19.4 Å². The molecule has 0 aromatic carbocycles. The summed E-state index contributed by atoms with van der Waals surface area (Å²) >= 11 is 5.76. The molecule has 0 amide bonds. The van der Waals surface area contributed by atoms with Gasteiger partial charge in [-0.3, -0.25) is 4.98 Å². The van der Waals surface area contributed by atoms with Crippen LogP contribution in [0.3, 0.4) is 0 Å². The molecule has 0 saturated carbocycles. The van der Waals surface area contributed by atoms with Gasteiger partial charge in [-0.15, -0.1) is 0 Å². The molecule has 0 radical (unpaired) electrons. The molecule has 0 spiro atoms. The molecule has 0 bridgehead atoms. The van der Waals surface area contributed by atoms with Crippen LogP contribution in [0.25, 0.3) is 0 Å². The molecule has 0 unspecified atom stereocenters. The summed E-state index contributed by atoms with van der Waals surface area (Å²) in [6.45, 7) is -0.302. The van der Waals surface area contributed by atoms with E-state index >= 15 is 0 Å². The van der Waals surface area contributed by atoms with Gasteiger partial charge in [-0.1, -0.05) is 11.6 Å². The number of nitrogens with zero attached hydrogens (tertiary/aromatic N) is 1. The minimum atomic E-state index is -0.540. The number of esters is 1. The summed E-state index contributed by atoms with van der Waals surface area (Å²) in [4.78, 5) is 14.9. The summed E-state index contributed by atoms with van der Waals surface area (Å²) in [5, 5.41) is 8.93. The lowest BCUT2D eigenvalue weighted by atomic mass is 10.2. The number of hydrogen-bond acceptors (Lipinski definition) is 4. The molecule has 1 heterocycles. The zero-order valence-electron chi connectivity index (χ0n) is 6.95. The van der Waals surface area contributed by atoms with E-state index in [-0.39, 0.29) is 22.9 Å². The fourth-order valence-electron chi connectivity index (χ4n) is 0.865. The molecule has 1 aromatic heterocycles. The van der Waals surface area contributed by atoms with Crippen molar-refractivity contribution in [1.82, 2.24) is 4.98 Å². The van der Waals surface area contributed by atoms with E-state index in [4.69, 9.17) is 16.7 Å². The number of carbonyl (C=O) groups is 1. The summed E-state index contributed by atoms with van der Waals surface area (Å²) in [6, 6.07) is 1.44. The van der Waals surface area contributed by atoms with Crippen LogP contribution in [0.2, 0.25) is 5.02 Å². The number of aliphatic hydroxyl groups is 1. The zero-order chi connectivity index (χ0) is 9.84. The smallest absolute Gasteiger partial charge is 0.339 e. The van der Waals surface area contributed by atoms with Crippen LogP contribution in [0.1, 0.15) is 16.1 Å². The standard InChI is InChI=1S/C8H8ClNO3/c1-13-8(12)5-2-3-10-6(4-11)7(5)9/h2-3,11H,4H2,1H3. The Morgan fingerprint density at radius 1 is 1.77 bits per heavy atom. The topological polar surface area (TPSA) is 59.4 Å². The van der Waals surface area contributed by atoms with Gasteiger partial charge in [-0.25, -0.2) is 4.79 Å². The molecule has 0 aliphatic heterocycles. The van der Waals surface area contributed by atoms with Gasteiger partial charge in [-0.05, 0) is 6.07 Å². The number of aromatic nitrogens is 1. The molecule has 0 aliphatic rings. The lowest BCUT2D eigenvalue weighted by Gasteiger charge is -2.04. The van der Waals surface area contributed by atoms with Gasteiger partial charge in [0.1, 0.15) is 0 Å². The Hall–Kier alpha value is -1.13. The summed E-state index contributed by atoms with van der Waals surface area (Å²) in [5.41, 5.74) is 0.479. The van der Waals surface area contributed by atoms with Crippen LogP contribution in [0.4, 0.5) is 0 Å². The largest absolute Gasteiger partial charge is 0.465 e. The van der Waals surface area contributed by atoms with Crippen molar-refractivity contribution >= 4 is 17.6 Å². The highest BCUT2D eigenvalue weighted by molar-refractivity contribution is 6.34. The van der Waals surface area contributed by atoms with Crippen LogP contribution in [0.5, 0.6) is 0 Å². The monoisotopic (exact) mass is 201 g/mol. The van der Waals surface area contributed by atoms with E-state index in [0.717, 1.165) is 0 Å². The average Bonchev–Trinajstić information content (AvgIpc) is 2.17. The van der Waals surface area contributed by atoms with Gasteiger partial charge in [0.2, 0.25) is 0 Å². The fraction of sp³-hybridized carbons (Fsp3) is 0.250. The molecule has 1 aromatic rings. The highest BCUT2D eigenvalue weighted by Crippen LogP contribution is 2.19. The number of pyridine rings is 1. The molecule has 5 heteroatoms. The summed E-state index contributed by atoms with van der Waals surface area (Å²) in [5.74, 6) is -0.540. The maximum atomic E-state index is 11.1. The van der Waals surface area contributed by atoms with E-state index in [1.807, 2.05) is 0 Å². The molecule has 0 atom stereocenters. The predicted molar refractivity (Wildman–Crippen MR) is 46.5 cm³/mol. The second-order valence-corrected chi connectivity index (χ2v) is 2.65. The van der Waals surface area contributed by atoms with Crippen LogP contribution in [0.15, 0.2) is 12.3 Å². The Bertz CT molecular complexity index is 327. The molecule has 1 N–H and O–H groups in total. The third kappa shape index (κ3) is 1.96. The number of aliphatic hydroxyl groups excluding tert-OH is 1.